The van der Waals surface area contributed by atoms with Crippen LogP contribution in [0.4, 0.5) is 4.79 Å². The Bertz CT molecular complexity index is 775. The van der Waals surface area contributed by atoms with E-state index in [2.05, 4.69) is 20.0 Å². The van der Waals surface area contributed by atoms with Crippen LogP contribution in [0.25, 0.3) is 0 Å². The number of likely N-dealkylation sites (tertiary alicyclic amines) is 1. The first-order valence-electron chi connectivity index (χ1n) is 10.9. The highest BCUT2D eigenvalue weighted by Gasteiger charge is 2.49. The molecular weight excluding hydrogens is 430 g/mol. The number of carbonyl (C=O) groups is 2. The Morgan fingerprint density at radius 2 is 2.00 bits per heavy atom. The number of piperidine rings is 2. The normalized spacial score (nSPS) is 32.0. The molecule has 0 radical (unpaired) electrons. The monoisotopic (exact) mass is 461 g/mol. The van der Waals surface area contributed by atoms with Crippen LogP contribution in [0, 0.1) is 5.92 Å². The van der Waals surface area contributed by atoms with E-state index in [0.717, 1.165) is 19.5 Å². The van der Waals surface area contributed by atoms with Gasteiger partial charge in [0, 0.05) is 19.1 Å². The lowest BCUT2D eigenvalue weighted by Crippen LogP contribution is -2.50. The fraction of sp³-hybridized carbons (Fsp3) is 0.889. The molecular formula is C18H31N5O7S. The summed E-state index contributed by atoms with van der Waals surface area (Å²) in [6, 6.07) is -1.91. The number of hydrogen-bond acceptors (Lipinski definition) is 8. The molecule has 2 bridgehead atoms. The van der Waals surface area contributed by atoms with E-state index in [0.29, 0.717) is 30.4 Å². The van der Waals surface area contributed by atoms with E-state index >= 15 is 0 Å². The average molecular weight is 462 g/mol. The second-order valence-electron chi connectivity index (χ2n) is 8.86. The van der Waals surface area contributed by atoms with Crippen molar-refractivity contribution in [2.75, 3.05) is 39.3 Å². The third-order valence-electron chi connectivity index (χ3n) is 6.54. The van der Waals surface area contributed by atoms with Crippen LogP contribution in [-0.4, -0.2) is 97.2 Å². The zero-order valence-electron chi connectivity index (χ0n) is 17.4. The molecule has 0 saturated carbocycles. The van der Waals surface area contributed by atoms with Gasteiger partial charge in [-0.1, -0.05) is 6.42 Å². The van der Waals surface area contributed by atoms with Crippen LogP contribution in [0.3, 0.4) is 0 Å². The maximum absolute atomic E-state index is 12.5. The van der Waals surface area contributed by atoms with E-state index in [1.165, 1.54) is 37.3 Å². The van der Waals surface area contributed by atoms with Gasteiger partial charge in [-0.25, -0.2) is 10.3 Å². The number of amides is 3. The Labute approximate surface area is 182 Å². The molecule has 4 saturated heterocycles. The Hall–Kier alpha value is -1.51. The molecule has 3 amide bonds. The quantitative estimate of drug-likeness (QED) is 0.322. The minimum atomic E-state index is -4.81. The van der Waals surface area contributed by atoms with E-state index in [1.54, 1.807) is 0 Å². The molecule has 0 aliphatic carbocycles. The van der Waals surface area contributed by atoms with Gasteiger partial charge in [0.25, 0.3) is 5.91 Å². The number of nitrogens with zero attached hydrogens (tertiary/aromatic N) is 3. The number of urea groups is 1. The molecule has 4 atom stereocenters. The molecule has 12 nitrogen and oxygen atoms in total. The minimum Gasteiger partial charge on any atom is -0.311 e. The fourth-order valence-electron chi connectivity index (χ4n) is 5.06. The van der Waals surface area contributed by atoms with Crippen molar-refractivity contribution in [1.82, 2.24) is 25.7 Å². The Balaban J connectivity index is 1.19. The molecule has 4 fully saturated rings. The van der Waals surface area contributed by atoms with Crippen LogP contribution in [-0.2, 0) is 24.3 Å². The van der Waals surface area contributed by atoms with Crippen molar-refractivity contribution >= 4 is 22.3 Å². The van der Waals surface area contributed by atoms with Crippen LogP contribution in [0.5, 0.6) is 0 Å². The van der Waals surface area contributed by atoms with Crippen molar-refractivity contribution in [3.05, 3.63) is 0 Å². The van der Waals surface area contributed by atoms with Gasteiger partial charge < -0.3 is 15.1 Å². The van der Waals surface area contributed by atoms with Gasteiger partial charge in [0.1, 0.15) is 6.04 Å². The molecule has 3 N–H and O–H groups in total. The average Bonchev–Trinajstić information content (AvgIpc) is 3.26. The number of hydrogen-bond donors (Lipinski definition) is 3. The Morgan fingerprint density at radius 3 is 2.74 bits per heavy atom. The van der Waals surface area contributed by atoms with Crippen LogP contribution < -0.4 is 10.8 Å². The van der Waals surface area contributed by atoms with Crippen molar-refractivity contribution < 1.29 is 31.7 Å². The molecule has 13 heteroatoms. The second-order valence-corrected chi connectivity index (χ2v) is 9.86. The lowest BCUT2D eigenvalue weighted by atomic mass is 10.0. The van der Waals surface area contributed by atoms with Crippen LogP contribution in [0.15, 0.2) is 0 Å². The summed E-state index contributed by atoms with van der Waals surface area (Å²) in [5.41, 5.74) is 2.43. The number of rotatable bonds is 8. The summed E-state index contributed by atoms with van der Waals surface area (Å²) in [5.74, 6) is 0.122. The van der Waals surface area contributed by atoms with Crippen LogP contribution >= 0.6 is 0 Å². The van der Waals surface area contributed by atoms with E-state index in [9.17, 15) is 18.0 Å². The Morgan fingerprint density at radius 1 is 1.23 bits per heavy atom. The maximum Gasteiger partial charge on any atom is 0.418 e. The first kappa shape index (κ1) is 22.7. The highest BCUT2D eigenvalue weighted by atomic mass is 32.3. The molecule has 4 heterocycles. The summed E-state index contributed by atoms with van der Waals surface area (Å²) in [7, 11) is -4.81. The highest BCUT2D eigenvalue weighted by molar-refractivity contribution is 7.80. The van der Waals surface area contributed by atoms with E-state index in [-0.39, 0.29) is 12.6 Å². The molecule has 2 unspecified atom stereocenters. The minimum absolute atomic E-state index is 0.148. The maximum atomic E-state index is 12.5. The second kappa shape index (κ2) is 9.55. The number of carbonyl (C=O) groups excluding carboxylic acids is 2. The summed E-state index contributed by atoms with van der Waals surface area (Å²) in [6.45, 7) is 4.88. The molecule has 4 aliphatic heterocycles. The van der Waals surface area contributed by atoms with E-state index in [1.807, 2.05) is 0 Å². The summed E-state index contributed by atoms with van der Waals surface area (Å²) in [5, 5.41) is 4.06. The zero-order chi connectivity index (χ0) is 22.0. The lowest BCUT2D eigenvalue weighted by Gasteiger charge is -2.29. The summed E-state index contributed by atoms with van der Waals surface area (Å²) in [4.78, 5) is 34.1. The highest BCUT2D eigenvalue weighted by Crippen LogP contribution is 2.30. The van der Waals surface area contributed by atoms with E-state index < -0.39 is 34.4 Å². The standard InChI is InChI=1S/C18H31N5O7S/c24-17(16-5-4-15-11-22(16)18(25)23(15)30-31(26,27)28)20-29-12-14-8-13(9-19-14)10-21-6-2-1-3-7-21/h13-16,19H,1-12H2,(H,20,24)(H,26,27,28)/t13-,14-,15?,16?/m1/s1. The van der Waals surface area contributed by atoms with Crippen LogP contribution in [0.1, 0.15) is 38.5 Å². The van der Waals surface area contributed by atoms with Crippen molar-refractivity contribution in [2.45, 2.75) is 56.7 Å². The SMILES string of the molecule is O=C(NOC[C@H]1C[C@@H](CN2CCCCC2)CN1)C1CCC2CN1C(=O)N2OS(=O)(=O)O. The van der Waals surface area contributed by atoms with Crippen molar-refractivity contribution in [3.63, 3.8) is 0 Å². The van der Waals surface area contributed by atoms with Gasteiger partial charge in [-0.15, -0.1) is 4.28 Å². The molecule has 0 spiro atoms. The number of hydroxylamine groups is 3. The van der Waals surface area contributed by atoms with Crippen molar-refractivity contribution in [1.29, 1.82) is 0 Å². The third kappa shape index (κ3) is 5.65. The number of fused-ring (bicyclic) bond motifs is 2. The van der Waals surface area contributed by atoms with Gasteiger partial charge in [-0.3, -0.25) is 14.2 Å². The summed E-state index contributed by atoms with van der Waals surface area (Å²) < 4.78 is 35.1. The zero-order valence-corrected chi connectivity index (χ0v) is 18.3. The van der Waals surface area contributed by atoms with Gasteiger partial charge in [0.2, 0.25) is 0 Å². The molecule has 176 valence electrons. The smallest absolute Gasteiger partial charge is 0.311 e. The molecule has 0 aromatic carbocycles. The third-order valence-corrected chi connectivity index (χ3v) is 6.88. The Kier molecular flexibility index (Phi) is 6.98. The van der Waals surface area contributed by atoms with Gasteiger partial charge in [-0.2, -0.15) is 13.5 Å². The van der Waals surface area contributed by atoms with E-state index in [4.69, 9.17) is 9.39 Å². The topological polar surface area (TPSA) is 141 Å². The predicted molar refractivity (Wildman–Crippen MR) is 108 cm³/mol. The van der Waals surface area contributed by atoms with Crippen LogP contribution in [0.2, 0.25) is 0 Å². The fourth-order valence-corrected chi connectivity index (χ4v) is 5.45. The summed E-state index contributed by atoms with van der Waals surface area (Å²) >= 11 is 0. The molecule has 4 rings (SSSR count). The first-order chi connectivity index (χ1) is 14.8. The van der Waals surface area contributed by atoms with Crippen molar-refractivity contribution in [3.8, 4) is 0 Å². The van der Waals surface area contributed by atoms with Gasteiger partial charge in [-0.05, 0) is 57.7 Å². The van der Waals surface area contributed by atoms with Gasteiger partial charge in [0.05, 0.1) is 12.6 Å². The predicted octanol–water partition coefficient (Wildman–Crippen LogP) is -0.499. The molecule has 31 heavy (non-hydrogen) atoms. The summed E-state index contributed by atoms with van der Waals surface area (Å²) in [6.07, 6.45) is 5.59. The first-order valence-corrected chi connectivity index (χ1v) is 12.3. The molecule has 0 aromatic heterocycles. The molecule has 4 aliphatic rings. The lowest BCUT2D eigenvalue weighted by molar-refractivity contribution is -0.139. The van der Waals surface area contributed by atoms with Crippen molar-refractivity contribution in [2.24, 2.45) is 5.92 Å². The van der Waals surface area contributed by atoms with Gasteiger partial charge in [0.15, 0.2) is 0 Å². The largest absolute Gasteiger partial charge is 0.418 e. The number of nitrogens with one attached hydrogen (secondary N) is 2. The molecule has 0 aromatic rings. The van der Waals surface area contributed by atoms with Gasteiger partial charge >= 0.3 is 16.4 Å².